The van der Waals surface area contributed by atoms with Crippen LogP contribution in [0.4, 0.5) is 11.5 Å². The number of hydrogen-bond acceptors (Lipinski definition) is 6. The van der Waals surface area contributed by atoms with Crippen LogP contribution in [-0.4, -0.2) is 41.7 Å². The largest absolute Gasteiger partial charge is 0.374 e. The highest BCUT2D eigenvalue weighted by Crippen LogP contribution is 2.29. The zero-order valence-corrected chi connectivity index (χ0v) is 20.0. The Balaban J connectivity index is 1.42. The smallest absolute Gasteiger partial charge is 0.255 e. The Morgan fingerprint density at radius 2 is 1.88 bits per heavy atom. The third-order valence-electron chi connectivity index (χ3n) is 6.49. The quantitative estimate of drug-likeness (QED) is 0.620. The second-order valence-corrected chi connectivity index (χ2v) is 9.23. The number of hydrazone groups is 1. The molecule has 7 heteroatoms. The summed E-state index contributed by atoms with van der Waals surface area (Å²) >= 11 is 0. The topological polar surface area (TPSA) is 73.7 Å². The summed E-state index contributed by atoms with van der Waals surface area (Å²) in [5.41, 5.74) is 8.16. The Morgan fingerprint density at radius 1 is 1.03 bits per heavy atom. The molecule has 0 atom stereocenters. The van der Waals surface area contributed by atoms with E-state index < -0.39 is 0 Å². The van der Waals surface area contributed by atoms with Crippen molar-refractivity contribution in [2.45, 2.75) is 39.7 Å². The third kappa shape index (κ3) is 4.51. The number of rotatable bonds is 5. The minimum Gasteiger partial charge on any atom is -0.374 e. The number of anilines is 2. The number of amides is 1. The Morgan fingerprint density at radius 3 is 2.68 bits per heavy atom. The maximum atomic E-state index is 13.4. The molecule has 0 fully saturated rings. The van der Waals surface area contributed by atoms with Crippen LogP contribution in [0.15, 0.2) is 54.0 Å². The zero-order valence-electron chi connectivity index (χ0n) is 20.0. The Labute approximate surface area is 200 Å². The van der Waals surface area contributed by atoms with Crippen molar-refractivity contribution in [1.29, 1.82) is 0 Å². The molecule has 174 valence electrons. The van der Waals surface area contributed by atoms with Gasteiger partial charge in [-0.3, -0.25) is 9.78 Å². The van der Waals surface area contributed by atoms with E-state index in [9.17, 15) is 4.79 Å². The predicted octanol–water partition coefficient (Wildman–Crippen LogP) is 4.35. The predicted molar refractivity (Wildman–Crippen MR) is 136 cm³/mol. The maximum absolute atomic E-state index is 13.4. The van der Waals surface area contributed by atoms with Gasteiger partial charge in [0.05, 0.1) is 5.56 Å². The zero-order chi connectivity index (χ0) is 23.7. The lowest BCUT2D eigenvalue weighted by atomic mass is 9.99. The average molecular weight is 455 g/mol. The van der Waals surface area contributed by atoms with Gasteiger partial charge in [0.2, 0.25) is 0 Å². The fourth-order valence-corrected chi connectivity index (χ4v) is 4.65. The van der Waals surface area contributed by atoms with Gasteiger partial charge in [-0.1, -0.05) is 12.1 Å². The molecule has 0 bridgehead atoms. The van der Waals surface area contributed by atoms with E-state index in [1.807, 2.05) is 37.2 Å². The number of pyridine rings is 2. The number of benzene rings is 1. The number of aryl methyl sites for hydroxylation is 2. The van der Waals surface area contributed by atoms with Gasteiger partial charge in [0.1, 0.15) is 0 Å². The van der Waals surface area contributed by atoms with Gasteiger partial charge in [0, 0.05) is 74.2 Å². The van der Waals surface area contributed by atoms with Gasteiger partial charge in [-0.15, -0.1) is 0 Å². The Kier molecular flexibility index (Phi) is 6.01. The monoisotopic (exact) mass is 454 g/mol. The summed E-state index contributed by atoms with van der Waals surface area (Å²) in [4.78, 5) is 24.7. The molecule has 2 aromatic heterocycles. The van der Waals surface area contributed by atoms with Crippen molar-refractivity contribution in [1.82, 2.24) is 15.3 Å². The number of nitrogens with zero attached hydrogens (tertiary/aromatic N) is 5. The molecule has 3 aromatic rings. The minimum absolute atomic E-state index is 0.153. The first-order chi connectivity index (χ1) is 16.5. The van der Waals surface area contributed by atoms with E-state index in [1.54, 1.807) is 12.4 Å². The molecule has 0 saturated carbocycles. The molecule has 34 heavy (non-hydrogen) atoms. The first kappa shape index (κ1) is 22.1. The summed E-state index contributed by atoms with van der Waals surface area (Å²) in [6.07, 6.45) is 8.52. The van der Waals surface area contributed by atoms with Crippen molar-refractivity contribution in [3.8, 4) is 11.1 Å². The van der Waals surface area contributed by atoms with Crippen LogP contribution < -0.4 is 15.2 Å². The fraction of sp³-hybridized carbons (Fsp3) is 0.333. The number of nitrogens with one attached hydrogen (secondary N) is 1. The summed E-state index contributed by atoms with van der Waals surface area (Å²) in [5, 5.41) is 9.53. The van der Waals surface area contributed by atoms with Crippen molar-refractivity contribution in [2.75, 3.05) is 30.0 Å². The van der Waals surface area contributed by atoms with Crippen LogP contribution in [0.3, 0.4) is 0 Å². The Hall–Kier alpha value is -3.74. The summed E-state index contributed by atoms with van der Waals surface area (Å²) in [6.45, 7) is 6.28. The number of carbonyl (C=O) groups excluding carboxylic acids is 1. The molecule has 0 aliphatic carbocycles. The van der Waals surface area contributed by atoms with Gasteiger partial charge in [0.15, 0.2) is 5.82 Å². The number of hydrogen-bond donors (Lipinski definition) is 1. The number of fused-ring (bicyclic) bond motifs is 1. The molecule has 1 amide bonds. The maximum Gasteiger partial charge on any atom is 0.255 e. The highest BCUT2D eigenvalue weighted by atomic mass is 16.1. The molecule has 2 aliphatic heterocycles. The summed E-state index contributed by atoms with van der Waals surface area (Å²) in [7, 11) is 2.13. The van der Waals surface area contributed by atoms with E-state index in [0.29, 0.717) is 17.9 Å². The molecule has 0 saturated heterocycles. The normalized spacial score (nSPS) is 15.2. The third-order valence-corrected chi connectivity index (χ3v) is 6.49. The summed E-state index contributed by atoms with van der Waals surface area (Å²) in [5.74, 6) is 0.435. The van der Waals surface area contributed by atoms with E-state index in [4.69, 9.17) is 0 Å². The number of aromatic nitrogens is 2. The lowest BCUT2D eigenvalue weighted by Crippen LogP contribution is -2.27. The lowest BCUT2D eigenvalue weighted by Gasteiger charge is -2.27. The van der Waals surface area contributed by atoms with E-state index in [0.717, 1.165) is 60.3 Å². The second-order valence-electron chi connectivity index (χ2n) is 9.23. The average Bonchev–Trinajstić information content (AvgIpc) is 3.28. The van der Waals surface area contributed by atoms with Crippen LogP contribution in [0, 0.1) is 6.92 Å². The second kappa shape index (κ2) is 9.25. The van der Waals surface area contributed by atoms with Crippen molar-refractivity contribution in [3.63, 3.8) is 0 Å². The van der Waals surface area contributed by atoms with E-state index in [-0.39, 0.29) is 5.91 Å². The molecular formula is C27H30N6O. The molecule has 5 rings (SSSR count). The lowest BCUT2D eigenvalue weighted by molar-refractivity contribution is 0.0951. The molecule has 0 unspecified atom stereocenters. The minimum atomic E-state index is -0.153. The van der Waals surface area contributed by atoms with Crippen LogP contribution >= 0.6 is 0 Å². The standard InChI is InChI=1S/C27H30N6O/c1-18-11-22(16-28-14-18)23-13-24(26(29-17-23)33-10-8-19(2)31-33)27(34)30-15-20-6-7-25-21(12-20)5-4-9-32(25)3/h6-7,11-14,16-17H,4-5,8-10,15H2,1-3H3,(H,30,34). The molecule has 1 N–H and O–H groups in total. The van der Waals surface area contributed by atoms with Crippen molar-refractivity contribution < 1.29 is 4.79 Å². The first-order valence-corrected chi connectivity index (χ1v) is 11.8. The number of carbonyl (C=O) groups is 1. The molecular weight excluding hydrogens is 424 g/mol. The van der Waals surface area contributed by atoms with Gasteiger partial charge >= 0.3 is 0 Å². The van der Waals surface area contributed by atoms with Gasteiger partial charge in [-0.2, -0.15) is 5.10 Å². The van der Waals surface area contributed by atoms with Crippen LogP contribution in [0.2, 0.25) is 0 Å². The molecule has 0 radical (unpaired) electrons. The first-order valence-electron chi connectivity index (χ1n) is 11.8. The van der Waals surface area contributed by atoms with Crippen molar-refractivity contribution >= 4 is 23.1 Å². The Bertz CT molecular complexity index is 1270. The van der Waals surface area contributed by atoms with Crippen LogP contribution in [0.5, 0.6) is 0 Å². The van der Waals surface area contributed by atoms with Crippen LogP contribution in [0.1, 0.15) is 46.8 Å². The SMILES string of the molecule is CC1=NN(c2ncc(-c3cncc(C)c3)cc2C(=O)NCc2ccc3c(c2)CCCN3C)CC1. The highest BCUT2D eigenvalue weighted by Gasteiger charge is 2.23. The molecule has 2 aliphatic rings. The highest BCUT2D eigenvalue weighted by molar-refractivity contribution is 6.00. The molecule has 0 spiro atoms. The van der Waals surface area contributed by atoms with E-state index in [1.165, 1.54) is 11.3 Å². The van der Waals surface area contributed by atoms with Crippen molar-refractivity contribution in [2.24, 2.45) is 5.10 Å². The van der Waals surface area contributed by atoms with E-state index >= 15 is 0 Å². The fourth-order valence-electron chi connectivity index (χ4n) is 4.65. The van der Waals surface area contributed by atoms with Crippen molar-refractivity contribution in [3.05, 3.63) is 71.2 Å². The molecule has 4 heterocycles. The van der Waals surface area contributed by atoms with Crippen LogP contribution in [0.25, 0.3) is 11.1 Å². The molecule has 1 aromatic carbocycles. The summed E-state index contributed by atoms with van der Waals surface area (Å²) < 4.78 is 0. The molecule has 7 nitrogen and oxygen atoms in total. The van der Waals surface area contributed by atoms with Gasteiger partial charge in [0.25, 0.3) is 5.91 Å². The van der Waals surface area contributed by atoms with Gasteiger partial charge in [-0.05, 0) is 61.6 Å². The van der Waals surface area contributed by atoms with Gasteiger partial charge in [-0.25, -0.2) is 9.99 Å². The summed E-state index contributed by atoms with van der Waals surface area (Å²) in [6, 6.07) is 10.4. The van der Waals surface area contributed by atoms with Crippen LogP contribution in [-0.2, 0) is 13.0 Å². The van der Waals surface area contributed by atoms with Gasteiger partial charge < -0.3 is 10.2 Å². The van der Waals surface area contributed by atoms with E-state index in [2.05, 4.69) is 50.5 Å².